The highest BCUT2D eigenvalue weighted by atomic mass is 16.2. The smallest absolute Gasteiger partial charge is 0.264 e. The Kier molecular flexibility index (Phi) is 3.12. The first-order valence-electron chi connectivity index (χ1n) is 5.76. The fourth-order valence-electron chi connectivity index (χ4n) is 2.18. The van der Waals surface area contributed by atoms with Crippen LogP contribution in [-0.4, -0.2) is 34.1 Å². The number of likely N-dealkylation sites (tertiary alicyclic amines) is 1. The van der Waals surface area contributed by atoms with E-state index < -0.39 is 0 Å². The molecule has 16 heavy (non-hydrogen) atoms. The van der Waals surface area contributed by atoms with Crippen molar-refractivity contribution in [3.05, 3.63) is 22.1 Å². The van der Waals surface area contributed by atoms with E-state index in [0.717, 1.165) is 31.6 Å². The average molecular weight is 223 g/mol. The van der Waals surface area contributed by atoms with Crippen LogP contribution in [0.4, 0.5) is 0 Å². The standard InChI is InChI=1S/C11H17N3O2/c1-2-3-11(16)14-5-4-8(7-14)9-6-10(15)13-12-9/h6,8H,2-5,7H2,1H3,(H2,12,13,15). The molecule has 1 aromatic rings. The molecule has 5 nitrogen and oxygen atoms in total. The van der Waals surface area contributed by atoms with E-state index in [9.17, 15) is 9.59 Å². The van der Waals surface area contributed by atoms with E-state index in [1.807, 2.05) is 11.8 Å². The normalized spacial score (nSPS) is 20.3. The SMILES string of the molecule is CCCC(=O)N1CCC(c2cc(=O)[nH][nH]2)C1. The molecular formula is C11H17N3O2. The number of aromatic amines is 2. The van der Waals surface area contributed by atoms with Crippen molar-refractivity contribution >= 4 is 5.91 Å². The van der Waals surface area contributed by atoms with Crippen LogP contribution < -0.4 is 5.56 Å². The van der Waals surface area contributed by atoms with Crippen LogP contribution in [0, 0.1) is 0 Å². The molecule has 2 N–H and O–H groups in total. The molecule has 0 aliphatic carbocycles. The fourth-order valence-corrected chi connectivity index (χ4v) is 2.18. The van der Waals surface area contributed by atoms with E-state index in [1.54, 1.807) is 6.07 Å². The number of nitrogens with one attached hydrogen (secondary N) is 2. The second-order valence-electron chi connectivity index (χ2n) is 4.29. The lowest BCUT2D eigenvalue weighted by atomic mass is 10.1. The van der Waals surface area contributed by atoms with Gasteiger partial charge in [0.25, 0.3) is 5.56 Å². The summed E-state index contributed by atoms with van der Waals surface area (Å²) in [6.07, 6.45) is 2.45. The van der Waals surface area contributed by atoms with Crippen molar-refractivity contribution in [3.8, 4) is 0 Å². The predicted molar refractivity (Wildman–Crippen MR) is 60.3 cm³/mol. The summed E-state index contributed by atoms with van der Waals surface area (Å²) in [5.74, 6) is 0.502. The lowest BCUT2D eigenvalue weighted by molar-refractivity contribution is -0.130. The molecule has 1 aliphatic heterocycles. The summed E-state index contributed by atoms with van der Waals surface area (Å²) in [4.78, 5) is 24.6. The van der Waals surface area contributed by atoms with Gasteiger partial charge in [0.1, 0.15) is 0 Å². The van der Waals surface area contributed by atoms with Gasteiger partial charge in [0.15, 0.2) is 0 Å². The van der Waals surface area contributed by atoms with Gasteiger partial charge in [0.2, 0.25) is 5.91 Å². The van der Waals surface area contributed by atoms with Crippen LogP contribution in [0.2, 0.25) is 0 Å². The zero-order valence-electron chi connectivity index (χ0n) is 9.45. The molecule has 1 fully saturated rings. The Morgan fingerprint density at radius 2 is 2.38 bits per heavy atom. The van der Waals surface area contributed by atoms with Crippen LogP contribution in [0.25, 0.3) is 0 Å². The van der Waals surface area contributed by atoms with E-state index in [1.165, 1.54) is 0 Å². The maximum Gasteiger partial charge on any atom is 0.264 e. The molecule has 88 valence electrons. The highest BCUT2D eigenvalue weighted by Crippen LogP contribution is 2.25. The van der Waals surface area contributed by atoms with E-state index in [4.69, 9.17) is 0 Å². The first-order valence-corrected chi connectivity index (χ1v) is 5.76. The van der Waals surface area contributed by atoms with Crippen molar-refractivity contribution in [1.82, 2.24) is 15.1 Å². The predicted octanol–water partition coefficient (Wildman–Crippen LogP) is 0.819. The number of rotatable bonds is 3. The molecule has 1 amide bonds. The number of nitrogens with zero attached hydrogens (tertiary/aromatic N) is 1. The molecule has 1 saturated heterocycles. The lowest BCUT2D eigenvalue weighted by Gasteiger charge is -2.15. The lowest BCUT2D eigenvalue weighted by Crippen LogP contribution is -2.28. The number of H-pyrrole nitrogens is 2. The van der Waals surface area contributed by atoms with Gasteiger partial charge in [0.05, 0.1) is 0 Å². The maximum atomic E-state index is 11.7. The van der Waals surface area contributed by atoms with Gasteiger partial charge in [-0.15, -0.1) is 0 Å². The van der Waals surface area contributed by atoms with E-state index >= 15 is 0 Å². The number of carbonyl (C=O) groups excluding carboxylic acids is 1. The van der Waals surface area contributed by atoms with Crippen LogP contribution >= 0.6 is 0 Å². The molecule has 1 unspecified atom stereocenters. The summed E-state index contributed by atoms with van der Waals surface area (Å²) < 4.78 is 0. The highest BCUT2D eigenvalue weighted by Gasteiger charge is 2.27. The molecule has 0 radical (unpaired) electrons. The summed E-state index contributed by atoms with van der Waals surface area (Å²) in [7, 11) is 0. The van der Waals surface area contributed by atoms with Crippen molar-refractivity contribution < 1.29 is 4.79 Å². The third kappa shape index (κ3) is 2.18. The minimum absolute atomic E-state index is 0.103. The Morgan fingerprint density at radius 3 is 3.00 bits per heavy atom. The Balaban J connectivity index is 1.98. The second-order valence-corrected chi connectivity index (χ2v) is 4.29. The average Bonchev–Trinajstić information content (AvgIpc) is 2.85. The van der Waals surface area contributed by atoms with Crippen LogP contribution in [0.15, 0.2) is 10.9 Å². The molecule has 2 rings (SSSR count). The van der Waals surface area contributed by atoms with Crippen molar-refractivity contribution in [1.29, 1.82) is 0 Å². The van der Waals surface area contributed by atoms with Crippen molar-refractivity contribution in [2.75, 3.05) is 13.1 Å². The summed E-state index contributed by atoms with van der Waals surface area (Å²) in [5.41, 5.74) is 0.810. The van der Waals surface area contributed by atoms with E-state index in [0.29, 0.717) is 6.42 Å². The quantitative estimate of drug-likeness (QED) is 0.796. The molecule has 0 spiro atoms. The Hall–Kier alpha value is -1.52. The van der Waals surface area contributed by atoms with Gasteiger partial charge >= 0.3 is 0 Å². The minimum atomic E-state index is -0.103. The number of hydrogen-bond donors (Lipinski definition) is 2. The van der Waals surface area contributed by atoms with Gasteiger partial charge in [0, 0.05) is 37.2 Å². The zero-order valence-corrected chi connectivity index (χ0v) is 9.45. The van der Waals surface area contributed by atoms with Crippen LogP contribution in [0.1, 0.15) is 37.8 Å². The highest BCUT2D eigenvalue weighted by molar-refractivity contribution is 5.76. The summed E-state index contributed by atoms with van der Waals surface area (Å²) in [6.45, 7) is 3.54. The number of aromatic nitrogens is 2. The van der Waals surface area contributed by atoms with Gasteiger partial charge in [-0.25, -0.2) is 0 Å². The molecule has 1 aliphatic rings. The van der Waals surface area contributed by atoms with Crippen molar-refractivity contribution in [2.24, 2.45) is 0 Å². The number of amides is 1. The summed E-state index contributed by atoms with van der Waals surface area (Å²) >= 11 is 0. The molecular weight excluding hydrogens is 206 g/mol. The first-order chi connectivity index (χ1) is 7.70. The molecule has 1 aromatic heterocycles. The zero-order chi connectivity index (χ0) is 11.5. The first kappa shape index (κ1) is 11.0. The Bertz CT molecular complexity index is 421. The van der Waals surface area contributed by atoms with Gasteiger partial charge in [-0.2, -0.15) is 0 Å². The number of carbonyl (C=O) groups is 1. The molecule has 5 heteroatoms. The van der Waals surface area contributed by atoms with E-state index in [2.05, 4.69) is 10.2 Å². The van der Waals surface area contributed by atoms with E-state index in [-0.39, 0.29) is 17.4 Å². The van der Waals surface area contributed by atoms with Gasteiger partial charge < -0.3 is 10.00 Å². The second kappa shape index (κ2) is 4.55. The van der Waals surface area contributed by atoms with Crippen LogP contribution in [0.5, 0.6) is 0 Å². The molecule has 2 heterocycles. The fraction of sp³-hybridized carbons (Fsp3) is 0.636. The summed E-state index contributed by atoms with van der Waals surface area (Å²) in [5, 5.41) is 5.39. The molecule has 0 bridgehead atoms. The third-order valence-electron chi connectivity index (χ3n) is 3.06. The minimum Gasteiger partial charge on any atom is -0.342 e. The van der Waals surface area contributed by atoms with Crippen molar-refractivity contribution in [2.45, 2.75) is 32.1 Å². The van der Waals surface area contributed by atoms with Crippen molar-refractivity contribution in [3.63, 3.8) is 0 Å². The Labute approximate surface area is 93.8 Å². The van der Waals surface area contributed by atoms with Gasteiger partial charge in [-0.3, -0.25) is 14.7 Å². The molecule has 1 atom stereocenters. The van der Waals surface area contributed by atoms with Gasteiger partial charge in [-0.05, 0) is 12.8 Å². The molecule has 0 saturated carbocycles. The maximum absolute atomic E-state index is 11.7. The summed E-state index contributed by atoms with van der Waals surface area (Å²) in [6, 6.07) is 1.58. The Morgan fingerprint density at radius 1 is 1.56 bits per heavy atom. The van der Waals surface area contributed by atoms with Crippen LogP contribution in [-0.2, 0) is 4.79 Å². The number of hydrogen-bond acceptors (Lipinski definition) is 2. The largest absolute Gasteiger partial charge is 0.342 e. The van der Waals surface area contributed by atoms with Crippen LogP contribution in [0.3, 0.4) is 0 Å². The topological polar surface area (TPSA) is 69.0 Å². The monoisotopic (exact) mass is 223 g/mol. The third-order valence-corrected chi connectivity index (χ3v) is 3.06. The van der Waals surface area contributed by atoms with Gasteiger partial charge in [-0.1, -0.05) is 6.92 Å². The molecule has 0 aromatic carbocycles.